The van der Waals surface area contributed by atoms with Gasteiger partial charge in [0.05, 0.1) is 6.54 Å². The molecule has 2 rings (SSSR count). The van der Waals surface area contributed by atoms with E-state index in [1.54, 1.807) is 0 Å². The van der Waals surface area contributed by atoms with Gasteiger partial charge in [-0.05, 0) is 43.7 Å². The minimum absolute atomic E-state index is 0.0159. The van der Waals surface area contributed by atoms with Crippen molar-refractivity contribution >= 4 is 11.6 Å². The molecule has 0 radical (unpaired) electrons. The van der Waals surface area contributed by atoms with Gasteiger partial charge in [0.25, 0.3) is 0 Å². The molecule has 3 heteroatoms. The van der Waals surface area contributed by atoms with Gasteiger partial charge in [0.1, 0.15) is 0 Å². The zero-order valence-electron chi connectivity index (χ0n) is 12.9. The van der Waals surface area contributed by atoms with Crippen LogP contribution in [0.2, 0.25) is 0 Å². The van der Waals surface area contributed by atoms with Crippen LogP contribution in [-0.4, -0.2) is 24.4 Å². The number of nitrogens with zero attached hydrogens (tertiary/aromatic N) is 1. The average molecular weight is 282 g/mol. The first-order valence-corrected chi connectivity index (χ1v) is 7.15. The van der Waals surface area contributed by atoms with Crippen molar-refractivity contribution in [3.8, 4) is 0 Å². The van der Waals surface area contributed by atoms with Crippen LogP contribution < -0.4 is 5.32 Å². The number of aryl methyl sites for hydroxylation is 1. The fourth-order valence-electron chi connectivity index (χ4n) is 2.27. The minimum Gasteiger partial charge on any atom is -0.325 e. The molecule has 0 saturated heterocycles. The number of rotatable bonds is 5. The van der Waals surface area contributed by atoms with E-state index in [0.29, 0.717) is 6.54 Å². The van der Waals surface area contributed by atoms with Crippen molar-refractivity contribution in [1.29, 1.82) is 0 Å². The molecule has 0 aliphatic heterocycles. The number of likely N-dealkylation sites (N-methyl/N-ethyl adjacent to an activating group) is 1. The maximum absolute atomic E-state index is 12.1. The molecule has 0 aliphatic rings. The third-order valence-corrected chi connectivity index (χ3v) is 3.59. The first-order valence-electron chi connectivity index (χ1n) is 7.15. The molecular formula is C18H22N2O. The van der Waals surface area contributed by atoms with Crippen LogP contribution in [0.1, 0.15) is 16.7 Å². The molecule has 0 fully saturated rings. The number of hydrogen-bond acceptors (Lipinski definition) is 2. The number of carbonyl (C=O) groups is 1. The Kier molecular flexibility index (Phi) is 5.12. The summed E-state index contributed by atoms with van der Waals surface area (Å²) in [6.07, 6.45) is 0. The maximum atomic E-state index is 12.1. The summed E-state index contributed by atoms with van der Waals surface area (Å²) in [6.45, 7) is 5.22. The van der Waals surface area contributed by atoms with Gasteiger partial charge >= 0.3 is 0 Å². The highest BCUT2D eigenvalue weighted by atomic mass is 16.2. The predicted octanol–water partition coefficient (Wildman–Crippen LogP) is 3.37. The van der Waals surface area contributed by atoms with Crippen LogP contribution in [0.15, 0.2) is 48.5 Å². The Labute approximate surface area is 126 Å². The molecule has 0 bridgehead atoms. The molecule has 0 atom stereocenters. The highest BCUT2D eigenvalue weighted by molar-refractivity contribution is 5.93. The quantitative estimate of drug-likeness (QED) is 0.912. The fraction of sp³-hybridized carbons (Fsp3) is 0.278. The second-order valence-electron chi connectivity index (χ2n) is 5.45. The van der Waals surface area contributed by atoms with E-state index in [0.717, 1.165) is 17.8 Å². The van der Waals surface area contributed by atoms with Gasteiger partial charge in [-0.25, -0.2) is 0 Å². The van der Waals surface area contributed by atoms with Crippen molar-refractivity contribution in [2.24, 2.45) is 0 Å². The molecule has 0 aliphatic carbocycles. The van der Waals surface area contributed by atoms with Crippen LogP contribution in [0.5, 0.6) is 0 Å². The van der Waals surface area contributed by atoms with Crippen LogP contribution in [0.25, 0.3) is 0 Å². The van der Waals surface area contributed by atoms with Gasteiger partial charge in [-0.3, -0.25) is 9.69 Å². The largest absolute Gasteiger partial charge is 0.325 e. The summed E-state index contributed by atoms with van der Waals surface area (Å²) in [5.74, 6) is 0.0159. The van der Waals surface area contributed by atoms with Gasteiger partial charge < -0.3 is 5.32 Å². The molecule has 0 aromatic heterocycles. The molecule has 0 heterocycles. The summed E-state index contributed by atoms with van der Waals surface area (Å²) >= 11 is 0. The first kappa shape index (κ1) is 15.3. The molecule has 0 spiro atoms. The van der Waals surface area contributed by atoms with E-state index in [1.165, 1.54) is 11.1 Å². The van der Waals surface area contributed by atoms with Crippen molar-refractivity contribution in [3.05, 3.63) is 65.2 Å². The summed E-state index contributed by atoms with van der Waals surface area (Å²) in [5, 5.41) is 2.99. The SMILES string of the molecule is Cc1cccc(NC(=O)CN(C)Cc2ccccc2)c1C. The Balaban J connectivity index is 1.91. The van der Waals surface area contributed by atoms with Gasteiger partial charge in [-0.1, -0.05) is 42.5 Å². The Morgan fingerprint density at radius 1 is 1.05 bits per heavy atom. The van der Waals surface area contributed by atoms with Crippen LogP contribution in [-0.2, 0) is 11.3 Å². The van der Waals surface area contributed by atoms with E-state index < -0.39 is 0 Å². The Hall–Kier alpha value is -2.13. The van der Waals surface area contributed by atoms with Crippen molar-refractivity contribution in [2.75, 3.05) is 18.9 Å². The number of anilines is 1. The van der Waals surface area contributed by atoms with Crippen LogP contribution in [0.4, 0.5) is 5.69 Å². The normalized spacial score (nSPS) is 10.7. The Bertz CT molecular complexity index is 608. The Morgan fingerprint density at radius 3 is 2.48 bits per heavy atom. The zero-order chi connectivity index (χ0) is 15.2. The molecular weight excluding hydrogens is 260 g/mol. The molecule has 2 aromatic carbocycles. The zero-order valence-corrected chi connectivity index (χ0v) is 12.9. The molecule has 2 aromatic rings. The van der Waals surface area contributed by atoms with E-state index in [4.69, 9.17) is 0 Å². The van der Waals surface area contributed by atoms with Gasteiger partial charge in [-0.15, -0.1) is 0 Å². The summed E-state index contributed by atoms with van der Waals surface area (Å²) in [6, 6.07) is 16.1. The van der Waals surface area contributed by atoms with Gasteiger partial charge in [0.2, 0.25) is 5.91 Å². The molecule has 1 N–H and O–H groups in total. The monoisotopic (exact) mass is 282 g/mol. The smallest absolute Gasteiger partial charge is 0.238 e. The minimum atomic E-state index is 0.0159. The van der Waals surface area contributed by atoms with E-state index >= 15 is 0 Å². The average Bonchev–Trinajstić information content (AvgIpc) is 2.44. The third-order valence-electron chi connectivity index (χ3n) is 3.59. The van der Waals surface area contributed by atoms with Crippen molar-refractivity contribution in [3.63, 3.8) is 0 Å². The molecule has 0 unspecified atom stereocenters. The van der Waals surface area contributed by atoms with Crippen LogP contribution in [0.3, 0.4) is 0 Å². The highest BCUT2D eigenvalue weighted by Crippen LogP contribution is 2.17. The summed E-state index contributed by atoms with van der Waals surface area (Å²) in [4.78, 5) is 14.1. The standard InChI is InChI=1S/C18H22N2O/c1-14-8-7-11-17(15(14)2)19-18(21)13-20(3)12-16-9-5-4-6-10-16/h4-11H,12-13H2,1-3H3,(H,19,21). The number of nitrogens with one attached hydrogen (secondary N) is 1. The lowest BCUT2D eigenvalue weighted by atomic mass is 10.1. The summed E-state index contributed by atoms with van der Waals surface area (Å²) in [5.41, 5.74) is 4.41. The van der Waals surface area contributed by atoms with Crippen molar-refractivity contribution < 1.29 is 4.79 Å². The topological polar surface area (TPSA) is 32.3 Å². The third kappa shape index (κ3) is 4.43. The molecule has 21 heavy (non-hydrogen) atoms. The lowest BCUT2D eigenvalue weighted by Gasteiger charge is -2.17. The lowest BCUT2D eigenvalue weighted by Crippen LogP contribution is -2.30. The van der Waals surface area contributed by atoms with Crippen LogP contribution in [0, 0.1) is 13.8 Å². The second-order valence-corrected chi connectivity index (χ2v) is 5.45. The number of amides is 1. The predicted molar refractivity (Wildman–Crippen MR) is 87.3 cm³/mol. The summed E-state index contributed by atoms with van der Waals surface area (Å²) in [7, 11) is 1.95. The Morgan fingerprint density at radius 2 is 1.76 bits per heavy atom. The van der Waals surface area contributed by atoms with E-state index in [1.807, 2.05) is 62.2 Å². The molecule has 0 saturated carbocycles. The second kappa shape index (κ2) is 7.04. The van der Waals surface area contributed by atoms with Gasteiger partial charge in [-0.2, -0.15) is 0 Å². The lowest BCUT2D eigenvalue weighted by molar-refractivity contribution is -0.117. The highest BCUT2D eigenvalue weighted by Gasteiger charge is 2.09. The number of carbonyl (C=O) groups excluding carboxylic acids is 1. The molecule has 3 nitrogen and oxygen atoms in total. The fourth-order valence-corrected chi connectivity index (χ4v) is 2.27. The first-order chi connectivity index (χ1) is 10.1. The van der Waals surface area contributed by atoms with E-state index in [9.17, 15) is 4.79 Å². The van der Waals surface area contributed by atoms with Gasteiger partial charge in [0.15, 0.2) is 0 Å². The van der Waals surface area contributed by atoms with E-state index in [-0.39, 0.29) is 5.91 Å². The molecule has 110 valence electrons. The number of hydrogen-bond donors (Lipinski definition) is 1. The number of benzene rings is 2. The van der Waals surface area contributed by atoms with Crippen molar-refractivity contribution in [2.45, 2.75) is 20.4 Å². The summed E-state index contributed by atoms with van der Waals surface area (Å²) < 4.78 is 0. The van der Waals surface area contributed by atoms with Crippen molar-refractivity contribution in [1.82, 2.24) is 4.90 Å². The van der Waals surface area contributed by atoms with Gasteiger partial charge in [0, 0.05) is 12.2 Å². The maximum Gasteiger partial charge on any atom is 0.238 e. The molecule has 1 amide bonds. The van der Waals surface area contributed by atoms with E-state index in [2.05, 4.69) is 17.4 Å². The van der Waals surface area contributed by atoms with Crippen LogP contribution >= 0.6 is 0 Å².